The minimum absolute atomic E-state index is 0. The van der Waals surface area contributed by atoms with Crippen LogP contribution in [0.25, 0.3) is 0 Å². The van der Waals surface area contributed by atoms with Crippen LogP contribution < -0.4 is 11.1 Å². The van der Waals surface area contributed by atoms with E-state index in [1.165, 1.54) is 11.1 Å². The Bertz CT molecular complexity index is 562. The summed E-state index contributed by atoms with van der Waals surface area (Å²) in [6, 6.07) is 6.33. The summed E-state index contributed by atoms with van der Waals surface area (Å²) < 4.78 is 0. The van der Waals surface area contributed by atoms with Crippen LogP contribution in [0.5, 0.6) is 0 Å². The van der Waals surface area contributed by atoms with Gasteiger partial charge in [-0.1, -0.05) is 52.8 Å². The maximum Gasteiger partial charge on any atom is 0.238 e. The first-order valence-electron chi connectivity index (χ1n) is 9.11. The van der Waals surface area contributed by atoms with Crippen molar-refractivity contribution in [3.8, 4) is 0 Å². The number of nitrogens with one attached hydrogen (secondary N) is 1. The normalized spacial score (nSPS) is 20.8. The van der Waals surface area contributed by atoms with Crippen molar-refractivity contribution in [1.82, 2.24) is 4.90 Å². The van der Waals surface area contributed by atoms with E-state index >= 15 is 0 Å². The Balaban J connectivity index is 0.00000312. The molecule has 1 aliphatic heterocycles. The minimum Gasteiger partial charge on any atom is -0.330 e. The van der Waals surface area contributed by atoms with Crippen LogP contribution in [0.4, 0.5) is 5.69 Å². The number of likely N-dealkylation sites (tertiary alicyclic amines) is 1. The molecule has 1 saturated heterocycles. The molecule has 1 aromatic carbocycles. The molecule has 0 aromatic heterocycles. The first-order chi connectivity index (χ1) is 11.3. The van der Waals surface area contributed by atoms with Crippen LogP contribution in [-0.4, -0.2) is 37.0 Å². The molecule has 1 aliphatic rings. The molecule has 25 heavy (non-hydrogen) atoms. The summed E-state index contributed by atoms with van der Waals surface area (Å²) >= 11 is 0. The molecule has 1 fully saturated rings. The Labute approximate surface area is 158 Å². The fraction of sp³-hybridized carbons (Fsp3) is 0.650. The van der Waals surface area contributed by atoms with Crippen molar-refractivity contribution in [1.29, 1.82) is 0 Å². The number of nitrogens with two attached hydrogens (primary N) is 1. The van der Waals surface area contributed by atoms with E-state index in [1.54, 1.807) is 0 Å². The highest BCUT2D eigenvalue weighted by atomic mass is 35.5. The fourth-order valence-corrected chi connectivity index (χ4v) is 3.50. The lowest BCUT2D eigenvalue weighted by atomic mass is 9.90. The van der Waals surface area contributed by atoms with Gasteiger partial charge in [-0.25, -0.2) is 0 Å². The number of hydrogen-bond acceptors (Lipinski definition) is 3. The number of carbonyl (C=O) groups is 1. The van der Waals surface area contributed by atoms with Crippen molar-refractivity contribution < 1.29 is 4.79 Å². The zero-order valence-electron chi connectivity index (χ0n) is 16.3. The van der Waals surface area contributed by atoms with Gasteiger partial charge in [-0.05, 0) is 47.9 Å². The predicted molar refractivity (Wildman–Crippen MR) is 109 cm³/mol. The van der Waals surface area contributed by atoms with Gasteiger partial charge in [0.1, 0.15) is 0 Å². The zero-order chi connectivity index (χ0) is 17.9. The van der Waals surface area contributed by atoms with Crippen LogP contribution >= 0.6 is 12.4 Å². The Morgan fingerprint density at radius 3 is 2.24 bits per heavy atom. The third kappa shape index (κ3) is 5.44. The number of carbonyl (C=O) groups excluding carboxylic acids is 1. The Morgan fingerprint density at radius 2 is 1.80 bits per heavy atom. The highest BCUT2D eigenvalue weighted by Crippen LogP contribution is 2.33. The average Bonchev–Trinajstić information content (AvgIpc) is 2.88. The number of hydrogen-bond donors (Lipinski definition) is 2. The van der Waals surface area contributed by atoms with Crippen LogP contribution in [0.1, 0.15) is 64.0 Å². The lowest BCUT2D eigenvalue weighted by molar-refractivity contribution is -0.117. The Hall–Kier alpha value is -1.10. The largest absolute Gasteiger partial charge is 0.330 e. The first-order valence-corrected chi connectivity index (χ1v) is 9.11. The lowest BCUT2D eigenvalue weighted by Gasteiger charge is -2.23. The van der Waals surface area contributed by atoms with Gasteiger partial charge >= 0.3 is 0 Å². The van der Waals surface area contributed by atoms with Crippen molar-refractivity contribution in [2.45, 2.75) is 52.9 Å². The fourth-order valence-electron chi connectivity index (χ4n) is 3.50. The molecule has 1 aromatic rings. The van der Waals surface area contributed by atoms with E-state index in [-0.39, 0.29) is 23.7 Å². The summed E-state index contributed by atoms with van der Waals surface area (Å²) in [6.07, 6.45) is 1.07. The summed E-state index contributed by atoms with van der Waals surface area (Å²) in [5.41, 5.74) is 9.45. The van der Waals surface area contributed by atoms with Gasteiger partial charge < -0.3 is 11.1 Å². The standard InChI is InChI=1S/C20H33N3O.ClH/c1-14(2)16-7-6-8-17(15(3)4)19(16)22-18(24)11-23-10-9-20(5,12-21)13-23;/h6-8,14-15H,9-13,21H2,1-5H3,(H,22,24);1H. The van der Waals surface area contributed by atoms with Crippen LogP contribution in [0, 0.1) is 5.41 Å². The molecule has 0 saturated carbocycles. The second kappa shape index (κ2) is 9.02. The molecule has 3 N–H and O–H groups in total. The topological polar surface area (TPSA) is 58.4 Å². The van der Waals surface area contributed by atoms with Gasteiger partial charge in [-0.2, -0.15) is 0 Å². The van der Waals surface area contributed by atoms with E-state index in [1.807, 2.05) is 0 Å². The van der Waals surface area contributed by atoms with E-state index in [0.717, 1.165) is 25.2 Å². The molecule has 1 heterocycles. The highest BCUT2D eigenvalue weighted by Gasteiger charge is 2.33. The van der Waals surface area contributed by atoms with Crippen LogP contribution in [0.15, 0.2) is 18.2 Å². The van der Waals surface area contributed by atoms with E-state index in [9.17, 15) is 4.79 Å². The second-order valence-electron chi connectivity index (χ2n) is 8.14. The number of amides is 1. The molecular weight excluding hydrogens is 334 g/mol. The molecule has 2 rings (SSSR count). The quantitative estimate of drug-likeness (QED) is 0.799. The van der Waals surface area contributed by atoms with Crippen molar-refractivity contribution in [3.63, 3.8) is 0 Å². The highest BCUT2D eigenvalue weighted by molar-refractivity contribution is 5.94. The van der Waals surface area contributed by atoms with Gasteiger partial charge in [-0.15, -0.1) is 12.4 Å². The predicted octanol–water partition coefficient (Wildman–Crippen LogP) is 3.96. The molecule has 1 unspecified atom stereocenters. The Morgan fingerprint density at radius 1 is 1.24 bits per heavy atom. The SMILES string of the molecule is CC(C)c1cccc(C(C)C)c1NC(=O)CN1CCC(C)(CN)C1.Cl. The maximum absolute atomic E-state index is 12.6. The molecular formula is C20H34ClN3O. The third-order valence-electron chi connectivity index (χ3n) is 5.13. The molecule has 5 heteroatoms. The molecule has 0 spiro atoms. The van der Waals surface area contributed by atoms with Crippen LogP contribution in [0.2, 0.25) is 0 Å². The molecule has 0 bridgehead atoms. The van der Waals surface area contributed by atoms with Crippen LogP contribution in [-0.2, 0) is 4.79 Å². The third-order valence-corrected chi connectivity index (χ3v) is 5.13. The number of halogens is 1. The van der Waals surface area contributed by atoms with Gasteiger partial charge in [0, 0.05) is 12.2 Å². The summed E-state index contributed by atoms with van der Waals surface area (Å²) in [5, 5.41) is 3.20. The lowest BCUT2D eigenvalue weighted by Crippen LogP contribution is -2.35. The first kappa shape index (κ1) is 21.9. The molecule has 0 aliphatic carbocycles. The van der Waals surface area contributed by atoms with Crippen molar-refractivity contribution in [2.24, 2.45) is 11.1 Å². The van der Waals surface area contributed by atoms with E-state index in [0.29, 0.717) is 24.9 Å². The van der Waals surface area contributed by atoms with Crippen molar-refractivity contribution in [2.75, 3.05) is 31.5 Å². The molecule has 0 radical (unpaired) electrons. The van der Waals surface area contributed by atoms with Crippen molar-refractivity contribution >= 4 is 24.0 Å². The molecule has 1 amide bonds. The average molecular weight is 368 g/mol. The summed E-state index contributed by atoms with van der Waals surface area (Å²) in [6.45, 7) is 13.9. The van der Waals surface area contributed by atoms with Gasteiger partial charge in [0.2, 0.25) is 5.91 Å². The summed E-state index contributed by atoms with van der Waals surface area (Å²) in [4.78, 5) is 14.9. The smallest absolute Gasteiger partial charge is 0.238 e. The number of anilines is 1. The summed E-state index contributed by atoms with van der Waals surface area (Å²) in [5.74, 6) is 0.837. The number of benzene rings is 1. The monoisotopic (exact) mass is 367 g/mol. The number of para-hydroxylation sites is 1. The number of nitrogens with zero attached hydrogens (tertiary/aromatic N) is 1. The summed E-state index contributed by atoms with van der Waals surface area (Å²) in [7, 11) is 0. The van der Waals surface area contributed by atoms with Gasteiger partial charge in [-0.3, -0.25) is 9.69 Å². The van der Waals surface area contributed by atoms with Gasteiger partial charge in [0.15, 0.2) is 0 Å². The molecule has 1 atom stereocenters. The van der Waals surface area contributed by atoms with E-state index in [4.69, 9.17) is 5.73 Å². The minimum atomic E-state index is 0. The number of rotatable bonds is 6. The maximum atomic E-state index is 12.6. The van der Waals surface area contributed by atoms with E-state index < -0.39 is 0 Å². The Kier molecular flexibility index (Phi) is 7.91. The zero-order valence-corrected chi connectivity index (χ0v) is 17.1. The van der Waals surface area contributed by atoms with E-state index in [2.05, 4.69) is 63.0 Å². The van der Waals surface area contributed by atoms with Crippen molar-refractivity contribution in [3.05, 3.63) is 29.3 Å². The molecule has 142 valence electrons. The second-order valence-corrected chi connectivity index (χ2v) is 8.14. The van der Waals surface area contributed by atoms with Crippen LogP contribution in [0.3, 0.4) is 0 Å². The van der Waals surface area contributed by atoms with Gasteiger partial charge in [0.25, 0.3) is 0 Å². The molecule has 4 nitrogen and oxygen atoms in total. The van der Waals surface area contributed by atoms with Gasteiger partial charge in [0.05, 0.1) is 6.54 Å².